The van der Waals surface area contributed by atoms with Gasteiger partial charge in [-0.1, -0.05) is 18.2 Å². The van der Waals surface area contributed by atoms with Crippen LogP contribution in [0.3, 0.4) is 0 Å². The van der Waals surface area contributed by atoms with Gasteiger partial charge in [0.15, 0.2) is 0 Å². The highest BCUT2D eigenvalue weighted by Crippen LogP contribution is 2.29. The molecule has 2 atom stereocenters. The van der Waals surface area contributed by atoms with E-state index in [9.17, 15) is 0 Å². The van der Waals surface area contributed by atoms with Gasteiger partial charge in [-0.15, -0.1) is 0 Å². The fraction of sp³-hybridized carbons (Fsp3) is 0.500. The highest BCUT2D eigenvalue weighted by molar-refractivity contribution is 5.38. The summed E-state index contributed by atoms with van der Waals surface area (Å²) in [6.45, 7) is 4.55. The molecular formula is C12H18N2O. The molecule has 1 aromatic carbocycles. The SMILES string of the molecule is CCOc1ccccc1[C@H]1CNC[C@H]1N. The van der Waals surface area contributed by atoms with Crippen molar-refractivity contribution in [2.75, 3.05) is 19.7 Å². The molecule has 1 aromatic rings. The monoisotopic (exact) mass is 206 g/mol. The Hall–Kier alpha value is -1.06. The minimum absolute atomic E-state index is 0.201. The van der Waals surface area contributed by atoms with E-state index in [2.05, 4.69) is 11.4 Å². The maximum atomic E-state index is 6.06. The molecule has 0 unspecified atom stereocenters. The lowest BCUT2D eigenvalue weighted by molar-refractivity contribution is 0.333. The van der Waals surface area contributed by atoms with E-state index in [1.807, 2.05) is 25.1 Å². The smallest absolute Gasteiger partial charge is 0.122 e. The number of para-hydroxylation sites is 1. The van der Waals surface area contributed by atoms with E-state index in [0.717, 1.165) is 18.8 Å². The van der Waals surface area contributed by atoms with Crippen molar-refractivity contribution in [2.45, 2.75) is 18.9 Å². The van der Waals surface area contributed by atoms with Crippen LogP contribution in [0.1, 0.15) is 18.4 Å². The third-order valence-corrected chi connectivity index (χ3v) is 2.88. The summed E-state index contributed by atoms with van der Waals surface area (Å²) in [4.78, 5) is 0. The Balaban J connectivity index is 2.25. The van der Waals surface area contributed by atoms with Crippen LogP contribution in [0, 0.1) is 0 Å². The lowest BCUT2D eigenvalue weighted by atomic mass is 9.94. The summed E-state index contributed by atoms with van der Waals surface area (Å²) in [5.74, 6) is 1.36. The molecule has 82 valence electrons. The summed E-state index contributed by atoms with van der Waals surface area (Å²) in [7, 11) is 0. The highest BCUT2D eigenvalue weighted by atomic mass is 16.5. The van der Waals surface area contributed by atoms with E-state index in [-0.39, 0.29) is 6.04 Å². The number of hydrogen-bond acceptors (Lipinski definition) is 3. The maximum Gasteiger partial charge on any atom is 0.122 e. The molecule has 1 aliphatic heterocycles. The van der Waals surface area contributed by atoms with Crippen molar-refractivity contribution < 1.29 is 4.74 Å². The van der Waals surface area contributed by atoms with Crippen molar-refractivity contribution in [1.82, 2.24) is 5.32 Å². The molecule has 1 aliphatic rings. The van der Waals surface area contributed by atoms with Crippen LogP contribution in [0.4, 0.5) is 0 Å². The normalized spacial score (nSPS) is 25.5. The average molecular weight is 206 g/mol. The van der Waals surface area contributed by atoms with Crippen LogP contribution < -0.4 is 15.8 Å². The predicted molar refractivity (Wildman–Crippen MR) is 61.2 cm³/mol. The summed E-state index contributed by atoms with van der Waals surface area (Å²) < 4.78 is 5.61. The number of rotatable bonds is 3. The first-order valence-electron chi connectivity index (χ1n) is 5.51. The van der Waals surface area contributed by atoms with Crippen molar-refractivity contribution in [3.05, 3.63) is 29.8 Å². The zero-order chi connectivity index (χ0) is 10.7. The predicted octanol–water partition coefficient (Wildman–Crippen LogP) is 1.10. The Morgan fingerprint density at radius 3 is 2.87 bits per heavy atom. The number of benzene rings is 1. The average Bonchev–Trinajstić information content (AvgIpc) is 2.66. The van der Waals surface area contributed by atoms with Crippen LogP contribution in [0.5, 0.6) is 5.75 Å². The number of nitrogens with one attached hydrogen (secondary N) is 1. The second kappa shape index (κ2) is 4.64. The maximum absolute atomic E-state index is 6.06. The van der Waals surface area contributed by atoms with Crippen molar-refractivity contribution in [1.29, 1.82) is 0 Å². The minimum atomic E-state index is 0.201. The van der Waals surface area contributed by atoms with Crippen molar-refractivity contribution in [3.8, 4) is 5.75 Å². The first-order chi connectivity index (χ1) is 7.33. The Morgan fingerprint density at radius 1 is 1.40 bits per heavy atom. The molecule has 0 aliphatic carbocycles. The minimum Gasteiger partial charge on any atom is -0.494 e. The zero-order valence-corrected chi connectivity index (χ0v) is 9.07. The molecule has 1 saturated heterocycles. The Labute approximate surface area is 90.6 Å². The molecule has 0 amide bonds. The van der Waals surface area contributed by atoms with Crippen molar-refractivity contribution in [3.63, 3.8) is 0 Å². The first-order valence-corrected chi connectivity index (χ1v) is 5.51. The molecule has 0 bridgehead atoms. The van der Waals surface area contributed by atoms with Crippen molar-refractivity contribution in [2.24, 2.45) is 5.73 Å². The van der Waals surface area contributed by atoms with Gasteiger partial charge < -0.3 is 15.8 Å². The molecule has 3 heteroatoms. The van der Waals surface area contributed by atoms with E-state index >= 15 is 0 Å². The highest BCUT2D eigenvalue weighted by Gasteiger charge is 2.27. The molecule has 0 aromatic heterocycles. The quantitative estimate of drug-likeness (QED) is 0.778. The summed E-state index contributed by atoms with van der Waals surface area (Å²) in [5, 5.41) is 3.31. The molecule has 1 fully saturated rings. The second-order valence-corrected chi connectivity index (χ2v) is 3.90. The fourth-order valence-electron chi connectivity index (χ4n) is 2.11. The zero-order valence-electron chi connectivity index (χ0n) is 9.07. The van der Waals surface area contributed by atoms with E-state index in [1.165, 1.54) is 5.56 Å². The van der Waals surface area contributed by atoms with Gasteiger partial charge in [-0.25, -0.2) is 0 Å². The lowest BCUT2D eigenvalue weighted by Crippen LogP contribution is -2.27. The number of ether oxygens (including phenoxy) is 1. The van der Waals surface area contributed by atoms with E-state index in [4.69, 9.17) is 10.5 Å². The van der Waals surface area contributed by atoms with Gasteiger partial charge in [-0.3, -0.25) is 0 Å². The molecule has 3 nitrogen and oxygen atoms in total. The molecule has 2 rings (SSSR count). The molecule has 0 saturated carbocycles. The van der Waals surface area contributed by atoms with Crippen LogP contribution in [-0.2, 0) is 0 Å². The molecule has 3 N–H and O–H groups in total. The summed E-state index contributed by atoms with van der Waals surface area (Å²) in [6.07, 6.45) is 0. The largest absolute Gasteiger partial charge is 0.494 e. The molecule has 15 heavy (non-hydrogen) atoms. The van der Waals surface area contributed by atoms with Gasteiger partial charge in [-0.2, -0.15) is 0 Å². The molecule has 1 heterocycles. The van der Waals surface area contributed by atoms with Crippen LogP contribution in [0.2, 0.25) is 0 Å². The van der Waals surface area contributed by atoms with Gasteiger partial charge in [0.05, 0.1) is 6.61 Å². The third kappa shape index (κ3) is 2.13. The second-order valence-electron chi connectivity index (χ2n) is 3.90. The van der Waals surface area contributed by atoms with Crippen molar-refractivity contribution >= 4 is 0 Å². The Bertz CT molecular complexity index is 327. The number of hydrogen-bond donors (Lipinski definition) is 2. The third-order valence-electron chi connectivity index (χ3n) is 2.88. The first kappa shape index (κ1) is 10.5. The Morgan fingerprint density at radius 2 is 2.20 bits per heavy atom. The van der Waals surface area contributed by atoms with Crippen LogP contribution in [0.15, 0.2) is 24.3 Å². The topological polar surface area (TPSA) is 47.3 Å². The van der Waals surface area contributed by atoms with Gasteiger partial charge in [0, 0.05) is 30.6 Å². The molecular weight excluding hydrogens is 188 g/mol. The van der Waals surface area contributed by atoms with Gasteiger partial charge in [0.2, 0.25) is 0 Å². The van der Waals surface area contributed by atoms with Crippen LogP contribution in [-0.4, -0.2) is 25.7 Å². The van der Waals surface area contributed by atoms with Gasteiger partial charge >= 0.3 is 0 Å². The molecule has 0 spiro atoms. The number of nitrogens with two attached hydrogens (primary N) is 1. The summed E-state index contributed by atoms with van der Waals surface area (Å²) in [5.41, 5.74) is 7.29. The summed E-state index contributed by atoms with van der Waals surface area (Å²) in [6, 6.07) is 8.38. The van der Waals surface area contributed by atoms with Gasteiger partial charge in [0.25, 0.3) is 0 Å². The van der Waals surface area contributed by atoms with Gasteiger partial charge in [0.1, 0.15) is 5.75 Å². The van der Waals surface area contributed by atoms with E-state index in [1.54, 1.807) is 0 Å². The molecule has 0 radical (unpaired) electrons. The lowest BCUT2D eigenvalue weighted by Gasteiger charge is -2.18. The van der Waals surface area contributed by atoms with Crippen LogP contribution >= 0.6 is 0 Å². The standard InChI is InChI=1S/C12H18N2O/c1-2-15-12-6-4-3-5-9(12)10-7-14-8-11(10)13/h3-6,10-11,14H,2,7-8,13H2,1H3/t10-,11-/m1/s1. The van der Waals surface area contributed by atoms with Crippen LogP contribution in [0.25, 0.3) is 0 Å². The van der Waals surface area contributed by atoms with E-state index < -0.39 is 0 Å². The van der Waals surface area contributed by atoms with E-state index in [0.29, 0.717) is 12.5 Å². The Kier molecular flexibility index (Phi) is 3.23. The fourth-order valence-corrected chi connectivity index (χ4v) is 2.11. The summed E-state index contributed by atoms with van der Waals surface area (Å²) >= 11 is 0. The van der Waals surface area contributed by atoms with Gasteiger partial charge in [-0.05, 0) is 13.0 Å².